The summed E-state index contributed by atoms with van der Waals surface area (Å²) < 4.78 is 25.0. The number of ether oxygens (including phenoxy) is 2. The minimum Gasteiger partial charge on any atom is -0.489 e. The van der Waals surface area contributed by atoms with Gasteiger partial charge >= 0.3 is 0 Å². The minimum atomic E-state index is -0.335. The molecule has 0 bridgehead atoms. The third kappa shape index (κ3) is 4.62. The maximum Gasteiger partial charge on any atom is 0.251 e. The van der Waals surface area contributed by atoms with Gasteiger partial charge in [0.1, 0.15) is 18.2 Å². The van der Waals surface area contributed by atoms with Gasteiger partial charge in [0, 0.05) is 18.7 Å². The standard InChI is InChI=1S/C22H25FN2O3/c1-22(13-27-12-15-5-6-15)14-28-20-8-7-17(10-19(20)25-22)21(26)24-11-16-3-2-4-18(23)9-16/h2-4,7-10,15,25H,5-6,11-14H2,1H3,(H,24,26). The molecule has 5 nitrogen and oxygen atoms in total. The first-order chi connectivity index (χ1) is 13.5. The second-order valence-electron chi connectivity index (χ2n) is 7.96. The summed E-state index contributed by atoms with van der Waals surface area (Å²) in [6.07, 6.45) is 2.52. The van der Waals surface area contributed by atoms with Gasteiger partial charge in [-0.3, -0.25) is 4.79 Å². The number of hydrogen-bond donors (Lipinski definition) is 2. The van der Waals surface area contributed by atoms with Crippen LogP contribution in [0.15, 0.2) is 42.5 Å². The van der Waals surface area contributed by atoms with Gasteiger partial charge in [0.2, 0.25) is 0 Å². The van der Waals surface area contributed by atoms with Crippen LogP contribution in [0, 0.1) is 11.7 Å². The second-order valence-corrected chi connectivity index (χ2v) is 7.96. The van der Waals surface area contributed by atoms with Crippen LogP contribution in [-0.4, -0.2) is 31.3 Å². The molecule has 1 heterocycles. The zero-order valence-corrected chi connectivity index (χ0v) is 16.0. The van der Waals surface area contributed by atoms with Crippen LogP contribution in [-0.2, 0) is 11.3 Å². The molecule has 2 N–H and O–H groups in total. The number of nitrogens with one attached hydrogen (secondary N) is 2. The molecule has 0 aromatic heterocycles. The molecule has 2 aromatic rings. The van der Waals surface area contributed by atoms with Crippen molar-refractivity contribution in [2.24, 2.45) is 5.92 Å². The highest BCUT2D eigenvalue weighted by atomic mass is 19.1. The van der Waals surface area contributed by atoms with E-state index in [4.69, 9.17) is 9.47 Å². The predicted molar refractivity (Wildman–Crippen MR) is 105 cm³/mol. The first-order valence-electron chi connectivity index (χ1n) is 9.66. The number of benzene rings is 2. The first kappa shape index (κ1) is 18.7. The highest BCUT2D eigenvalue weighted by molar-refractivity contribution is 5.95. The van der Waals surface area contributed by atoms with Crippen molar-refractivity contribution in [1.29, 1.82) is 0 Å². The van der Waals surface area contributed by atoms with Gasteiger partial charge in [0.05, 0.1) is 17.8 Å². The van der Waals surface area contributed by atoms with Crippen LogP contribution in [0.5, 0.6) is 5.75 Å². The van der Waals surface area contributed by atoms with E-state index in [1.165, 1.54) is 25.0 Å². The van der Waals surface area contributed by atoms with Crippen LogP contribution in [0.2, 0.25) is 0 Å². The summed E-state index contributed by atoms with van der Waals surface area (Å²) in [4.78, 5) is 12.5. The van der Waals surface area contributed by atoms with E-state index in [0.717, 1.165) is 18.0 Å². The Morgan fingerprint density at radius 3 is 2.96 bits per heavy atom. The topological polar surface area (TPSA) is 59.6 Å². The molecule has 1 unspecified atom stereocenters. The Hall–Kier alpha value is -2.60. The highest BCUT2D eigenvalue weighted by Crippen LogP contribution is 2.34. The average Bonchev–Trinajstić information content (AvgIpc) is 3.50. The van der Waals surface area contributed by atoms with Crippen molar-refractivity contribution < 1.29 is 18.7 Å². The van der Waals surface area contributed by atoms with Crippen molar-refractivity contribution in [3.8, 4) is 5.75 Å². The van der Waals surface area contributed by atoms with E-state index < -0.39 is 0 Å². The summed E-state index contributed by atoms with van der Waals surface area (Å²) in [6.45, 7) is 4.19. The molecule has 0 saturated heterocycles. The molecule has 4 rings (SSSR count). The third-order valence-corrected chi connectivity index (χ3v) is 5.04. The first-order valence-corrected chi connectivity index (χ1v) is 9.66. The quantitative estimate of drug-likeness (QED) is 0.763. The fourth-order valence-corrected chi connectivity index (χ4v) is 3.24. The lowest BCUT2D eigenvalue weighted by atomic mass is 10.0. The molecule has 6 heteroatoms. The summed E-state index contributed by atoms with van der Waals surface area (Å²) in [5.41, 5.74) is 1.68. The van der Waals surface area contributed by atoms with Crippen molar-refractivity contribution in [2.45, 2.75) is 31.8 Å². The largest absolute Gasteiger partial charge is 0.489 e. The number of halogens is 1. The molecule has 0 spiro atoms. The number of carbonyl (C=O) groups excluding carboxylic acids is 1. The summed E-state index contributed by atoms with van der Waals surface area (Å²) in [5, 5.41) is 6.29. The molecule has 1 aliphatic carbocycles. The van der Waals surface area contributed by atoms with Gasteiger partial charge < -0.3 is 20.1 Å². The Labute approximate surface area is 164 Å². The van der Waals surface area contributed by atoms with Gasteiger partial charge in [-0.05, 0) is 61.6 Å². The lowest BCUT2D eigenvalue weighted by Gasteiger charge is -2.36. The molecule has 1 fully saturated rings. The number of fused-ring (bicyclic) bond motifs is 1. The smallest absolute Gasteiger partial charge is 0.251 e. The van der Waals surface area contributed by atoms with E-state index in [1.54, 1.807) is 30.3 Å². The lowest BCUT2D eigenvalue weighted by Crippen LogP contribution is -2.48. The lowest BCUT2D eigenvalue weighted by molar-refractivity contribution is 0.0667. The summed E-state index contributed by atoms with van der Waals surface area (Å²) >= 11 is 0. The van der Waals surface area contributed by atoms with Crippen molar-refractivity contribution in [1.82, 2.24) is 5.32 Å². The van der Waals surface area contributed by atoms with Crippen LogP contribution in [0.4, 0.5) is 10.1 Å². The maximum absolute atomic E-state index is 13.3. The Morgan fingerprint density at radius 1 is 1.32 bits per heavy atom. The molecule has 28 heavy (non-hydrogen) atoms. The summed E-state index contributed by atoms with van der Waals surface area (Å²) in [5.74, 6) is 0.909. The monoisotopic (exact) mass is 384 g/mol. The molecule has 1 atom stereocenters. The SMILES string of the molecule is CC1(COCC2CC2)COc2ccc(C(=O)NCc3cccc(F)c3)cc2N1. The molecule has 1 aliphatic heterocycles. The molecule has 1 amide bonds. The molecular weight excluding hydrogens is 359 g/mol. The van der Waals surface area contributed by atoms with Crippen LogP contribution < -0.4 is 15.4 Å². The second kappa shape index (κ2) is 7.80. The van der Waals surface area contributed by atoms with Gasteiger partial charge in [-0.1, -0.05) is 12.1 Å². The van der Waals surface area contributed by atoms with E-state index in [2.05, 4.69) is 17.6 Å². The Balaban J connectivity index is 1.38. The van der Waals surface area contributed by atoms with Crippen molar-refractivity contribution >= 4 is 11.6 Å². The van der Waals surface area contributed by atoms with Gasteiger partial charge in [-0.25, -0.2) is 4.39 Å². The molecule has 2 aliphatic rings. The van der Waals surface area contributed by atoms with E-state index in [0.29, 0.717) is 30.3 Å². The van der Waals surface area contributed by atoms with E-state index in [9.17, 15) is 9.18 Å². The molecular formula is C22H25FN2O3. The Bertz CT molecular complexity index is 869. The van der Waals surface area contributed by atoms with Crippen LogP contribution >= 0.6 is 0 Å². The average molecular weight is 384 g/mol. The van der Waals surface area contributed by atoms with E-state index in [1.807, 2.05) is 0 Å². The number of hydrogen-bond acceptors (Lipinski definition) is 4. The highest BCUT2D eigenvalue weighted by Gasteiger charge is 2.32. The Morgan fingerprint density at radius 2 is 2.18 bits per heavy atom. The number of anilines is 1. The molecule has 0 radical (unpaired) electrons. The zero-order chi connectivity index (χ0) is 19.6. The Kier molecular flexibility index (Phi) is 5.22. The van der Waals surface area contributed by atoms with Crippen molar-refractivity contribution in [2.75, 3.05) is 25.1 Å². The number of amides is 1. The van der Waals surface area contributed by atoms with Gasteiger partial charge in [-0.15, -0.1) is 0 Å². The van der Waals surface area contributed by atoms with Crippen LogP contribution in [0.25, 0.3) is 0 Å². The van der Waals surface area contributed by atoms with E-state index >= 15 is 0 Å². The normalized spacial score (nSPS) is 20.6. The van der Waals surface area contributed by atoms with Crippen molar-refractivity contribution in [3.63, 3.8) is 0 Å². The van der Waals surface area contributed by atoms with E-state index in [-0.39, 0.29) is 23.8 Å². The summed E-state index contributed by atoms with van der Waals surface area (Å²) in [6, 6.07) is 11.5. The number of rotatable bonds is 7. The zero-order valence-electron chi connectivity index (χ0n) is 16.0. The number of carbonyl (C=O) groups is 1. The molecule has 2 aromatic carbocycles. The molecule has 1 saturated carbocycles. The fourth-order valence-electron chi connectivity index (χ4n) is 3.24. The van der Waals surface area contributed by atoms with Crippen molar-refractivity contribution in [3.05, 3.63) is 59.4 Å². The van der Waals surface area contributed by atoms with Gasteiger partial charge in [0.15, 0.2) is 0 Å². The maximum atomic E-state index is 13.3. The molecule has 148 valence electrons. The predicted octanol–water partition coefficient (Wildman–Crippen LogP) is 3.75. The van der Waals surface area contributed by atoms with Crippen LogP contribution in [0.3, 0.4) is 0 Å². The van der Waals surface area contributed by atoms with Crippen LogP contribution in [0.1, 0.15) is 35.7 Å². The summed E-state index contributed by atoms with van der Waals surface area (Å²) in [7, 11) is 0. The fraction of sp³-hybridized carbons (Fsp3) is 0.409. The minimum absolute atomic E-state index is 0.217. The van der Waals surface area contributed by atoms with Gasteiger partial charge in [-0.2, -0.15) is 0 Å². The van der Waals surface area contributed by atoms with Gasteiger partial charge in [0.25, 0.3) is 5.91 Å². The third-order valence-electron chi connectivity index (χ3n) is 5.04.